The standard InChI is InChI=1S/C28H36N2O3/c1-4-18-30(21(3)5-2)24-15-16-25-23(19-24)12-9-13-26(25)33-28(32)20-29-27(31)17-14-22-10-7-6-8-11-22/h6-14,17,21,24H,4-5,15-16,18-20H2,1-3H3,(H,29,31)/b17-14+/t21-,24+/m1/s1. The molecule has 0 aliphatic heterocycles. The van der Waals surface area contributed by atoms with Crippen LogP contribution in [0.15, 0.2) is 54.6 Å². The highest BCUT2D eigenvalue weighted by atomic mass is 16.5. The van der Waals surface area contributed by atoms with Crippen molar-refractivity contribution in [3.05, 3.63) is 71.3 Å². The number of amides is 1. The number of hydrogen-bond acceptors (Lipinski definition) is 4. The van der Waals surface area contributed by atoms with E-state index >= 15 is 0 Å². The molecular weight excluding hydrogens is 412 g/mol. The van der Waals surface area contributed by atoms with Crippen LogP contribution in [0.25, 0.3) is 6.08 Å². The minimum atomic E-state index is -0.459. The maximum Gasteiger partial charge on any atom is 0.330 e. The number of fused-ring (bicyclic) bond motifs is 1. The maximum absolute atomic E-state index is 12.4. The predicted molar refractivity (Wildman–Crippen MR) is 133 cm³/mol. The lowest BCUT2D eigenvalue weighted by Gasteiger charge is -2.39. The highest BCUT2D eigenvalue weighted by Crippen LogP contribution is 2.32. The summed E-state index contributed by atoms with van der Waals surface area (Å²) < 4.78 is 5.65. The van der Waals surface area contributed by atoms with Gasteiger partial charge in [-0.05, 0) is 74.4 Å². The predicted octanol–water partition coefficient (Wildman–Crippen LogP) is 4.79. The van der Waals surface area contributed by atoms with Crippen molar-refractivity contribution in [1.82, 2.24) is 10.2 Å². The molecule has 3 rings (SSSR count). The molecular formula is C28H36N2O3. The van der Waals surface area contributed by atoms with Gasteiger partial charge in [-0.1, -0.05) is 56.3 Å². The molecule has 1 aliphatic carbocycles. The van der Waals surface area contributed by atoms with Crippen LogP contribution in [-0.2, 0) is 22.4 Å². The molecule has 0 aromatic heterocycles. The molecule has 0 saturated heterocycles. The Hall–Kier alpha value is -2.92. The van der Waals surface area contributed by atoms with Gasteiger partial charge in [0.25, 0.3) is 0 Å². The Labute approximate surface area is 197 Å². The van der Waals surface area contributed by atoms with Crippen LogP contribution in [0.4, 0.5) is 0 Å². The summed E-state index contributed by atoms with van der Waals surface area (Å²) in [4.78, 5) is 27.1. The first-order chi connectivity index (χ1) is 16.0. The van der Waals surface area contributed by atoms with Crippen LogP contribution in [0.5, 0.6) is 5.75 Å². The van der Waals surface area contributed by atoms with E-state index in [4.69, 9.17) is 4.74 Å². The lowest BCUT2D eigenvalue weighted by Crippen LogP contribution is -2.45. The summed E-state index contributed by atoms with van der Waals surface area (Å²) in [7, 11) is 0. The molecule has 1 N–H and O–H groups in total. The first-order valence-corrected chi connectivity index (χ1v) is 12.1. The van der Waals surface area contributed by atoms with Gasteiger partial charge in [-0.15, -0.1) is 0 Å². The molecule has 0 spiro atoms. The van der Waals surface area contributed by atoms with Crippen LogP contribution >= 0.6 is 0 Å². The first kappa shape index (κ1) is 24.7. The van der Waals surface area contributed by atoms with Crippen LogP contribution in [0, 0.1) is 0 Å². The summed E-state index contributed by atoms with van der Waals surface area (Å²) in [5.74, 6) is -0.162. The number of carbonyl (C=O) groups is 2. The van der Waals surface area contributed by atoms with Crippen LogP contribution in [0.1, 0.15) is 56.7 Å². The third-order valence-electron chi connectivity index (χ3n) is 6.38. The molecule has 33 heavy (non-hydrogen) atoms. The molecule has 1 aliphatic rings. The number of hydrogen-bond donors (Lipinski definition) is 1. The van der Waals surface area contributed by atoms with Gasteiger partial charge in [-0.3, -0.25) is 9.69 Å². The molecule has 176 valence electrons. The number of nitrogens with zero attached hydrogens (tertiary/aromatic N) is 1. The highest BCUT2D eigenvalue weighted by Gasteiger charge is 2.28. The summed E-state index contributed by atoms with van der Waals surface area (Å²) in [6, 6.07) is 16.6. The second-order valence-electron chi connectivity index (χ2n) is 8.72. The van der Waals surface area contributed by atoms with Crippen molar-refractivity contribution in [1.29, 1.82) is 0 Å². The minimum absolute atomic E-state index is 0.164. The van der Waals surface area contributed by atoms with Gasteiger partial charge in [0.2, 0.25) is 5.91 Å². The van der Waals surface area contributed by atoms with Gasteiger partial charge >= 0.3 is 5.97 Å². The molecule has 2 atom stereocenters. The quantitative estimate of drug-likeness (QED) is 0.323. The van der Waals surface area contributed by atoms with Gasteiger partial charge < -0.3 is 10.1 Å². The van der Waals surface area contributed by atoms with E-state index in [9.17, 15) is 9.59 Å². The average molecular weight is 449 g/mol. The first-order valence-electron chi connectivity index (χ1n) is 12.1. The summed E-state index contributed by atoms with van der Waals surface area (Å²) >= 11 is 0. The minimum Gasteiger partial charge on any atom is -0.425 e. The molecule has 1 amide bonds. The average Bonchev–Trinajstić information content (AvgIpc) is 2.84. The van der Waals surface area contributed by atoms with Crippen molar-refractivity contribution >= 4 is 18.0 Å². The van der Waals surface area contributed by atoms with Gasteiger partial charge in [0.15, 0.2) is 0 Å². The molecule has 0 heterocycles. The van der Waals surface area contributed by atoms with Crippen LogP contribution in [0.3, 0.4) is 0 Å². The number of nitrogens with one attached hydrogen (secondary N) is 1. The second-order valence-corrected chi connectivity index (χ2v) is 8.72. The summed E-state index contributed by atoms with van der Waals surface area (Å²) in [5, 5.41) is 2.60. The van der Waals surface area contributed by atoms with Gasteiger partial charge in [0.05, 0.1) is 0 Å². The van der Waals surface area contributed by atoms with Crippen LogP contribution < -0.4 is 10.1 Å². The molecule has 5 nitrogen and oxygen atoms in total. The van der Waals surface area contributed by atoms with Gasteiger partial charge in [0, 0.05) is 18.2 Å². The zero-order valence-corrected chi connectivity index (χ0v) is 20.0. The topological polar surface area (TPSA) is 58.6 Å². The molecule has 0 bridgehead atoms. The van der Waals surface area contributed by atoms with Crippen molar-refractivity contribution in [3.8, 4) is 5.75 Å². The molecule has 0 unspecified atom stereocenters. The fourth-order valence-electron chi connectivity index (χ4n) is 4.50. The lowest BCUT2D eigenvalue weighted by molar-refractivity contribution is -0.135. The van der Waals surface area contributed by atoms with Crippen molar-refractivity contribution in [2.75, 3.05) is 13.1 Å². The zero-order chi connectivity index (χ0) is 23.6. The Bertz CT molecular complexity index is 955. The fraction of sp³-hybridized carbons (Fsp3) is 0.429. The van der Waals surface area contributed by atoms with E-state index < -0.39 is 5.97 Å². The SMILES string of the molecule is CCCN([C@H]1CCc2c(cccc2OC(=O)CNC(=O)/C=C/c2ccccc2)C1)[C@H](C)CC. The summed E-state index contributed by atoms with van der Waals surface area (Å²) in [6.45, 7) is 7.75. The van der Waals surface area contributed by atoms with E-state index in [0.29, 0.717) is 17.8 Å². The van der Waals surface area contributed by atoms with Crippen LogP contribution in [-0.4, -0.2) is 41.9 Å². The summed E-state index contributed by atoms with van der Waals surface area (Å²) in [6.07, 6.45) is 8.37. The number of rotatable bonds is 10. The molecule has 2 aromatic rings. The van der Waals surface area contributed by atoms with Crippen molar-refractivity contribution in [3.63, 3.8) is 0 Å². The van der Waals surface area contributed by atoms with Crippen LogP contribution in [0.2, 0.25) is 0 Å². The smallest absolute Gasteiger partial charge is 0.330 e. The Balaban J connectivity index is 1.57. The second kappa shape index (κ2) is 12.4. The van der Waals surface area contributed by atoms with Crippen molar-refractivity contribution in [2.24, 2.45) is 0 Å². The fourth-order valence-corrected chi connectivity index (χ4v) is 4.50. The third-order valence-corrected chi connectivity index (χ3v) is 6.38. The number of carbonyl (C=O) groups excluding carboxylic acids is 2. The molecule has 0 fully saturated rings. The van der Waals surface area contributed by atoms with E-state index in [1.165, 1.54) is 11.6 Å². The number of benzene rings is 2. The molecule has 5 heteroatoms. The van der Waals surface area contributed by atoms with Gasteiger partial charge in [-0.2, -0.15) is 0 Å². The lowest BCUT2D eigenvalue weighted by atomic mass is 9.86. The van der Waals surface area contributed by atoms with E-state index in [2.05, 4.69) is 37.1 Å². The number of esters is 1. The van der Waals surface area contributed by atoms with E-state index in [1.54, 1.807) is 6.08 Å². The largest absolute Gasteiger partial charge is 0.425 e. The Morgan fingerprint density at radius 1 is 1.15 bits per heavy atom. The molecule has 2 aromatic carbocycles. The van der Waals surface area contributed by atoms with Gasteiger partial charge in [-0.25, -0.2) is 4.79 Å². The zero-order valence-electron chi connectivity index (χ0n) is 20.0. The Morgan fingerprint density at radius 2 is 1.94 bits per heavy atom. The maximum atomic E-state index is 12.4. The Morgan fingerprint density at radius 3 is 2.67 bits per heavy atom. The van der Waals surface area contributed by atoms with Crippen molar-refractivity contribution in [2.45, 2.75) is 65.0 Å². The third kappa shape index (κ3) is 7.03. The summed E-state index contributed by atoms with van der Waals surface area (Å²) in [5.41, 5.74) is 3.31. The molecule has 0 radical (unpaired) electrons. The normalized spacial score (nSPS) is 16.4. The molecule has 0 saturated carbocycles. The van der Waals surface area contributed by atoms with E-state index in [1.807, 2.05) is 42.5 Å². The Kier molecular flexibility index (Phi) is 9.25. The van der Waals surface area contributed by atoms with Crippen molar-refractivity contribution < 1.29 is 14.3 Å². The number of ether oxygens (including phenoxy) is 1. The van der Waals surface area contributed by atoms with Gasteiger partial charge in [0.1, 0.15) is 12.3 Å². The monoisotopic (exact) mass is 448 g/mol. The highest BCUT2D eigenvalue weighted by molar-refractivity contribution is 5.93. The van der Waals surface area contributed by atoms with E-state index in [-0.39, 0.29) is 12.5 Å². The van der Waals surface area contributed by atoms with E-state index in [0.717, 1.165) is 49.8 Å².